The maximum absolute atomic E-state index is 12.8. The first kappa shape index (κ1) is 16.2. The van der Waals surface area contributed by atoms with Crippen LogP contribution in [0.5, 0.6) is 0 Å². The van der Waals surface area contributed by atoms with Crippen molar-refractivity contribution in [2.45, 2.75) is 37.8 Å². The van der Waals surface area contributed by atoms with E-state index in [1.165, 1.54) is 11.3 Å². The lowest BCUT2D eigenvalue weighted by molar-refractivity contribution is 0.0598. The maximum Gasteiger partial charge on any atom is 0.271 e. The Labute approximate surface area is 149 Å². The second kappa shape index (κ2) is 6.89. The van der Waals surface area contributed by atoms with Crippen LogP contribution in [-0.2, 0) is 4.74 Å². The van der Waals surface area contributed by atoms with Gasteiger partial charge in [-0.2, -0.15) is 0 Å². The molecule has 0 spiro atoms. The topological polar surface area (TPSA) is 81.9 Å². The third-order valence-corrected chi connectivity index (χ3v) is 5.50. The molecular weight excluding hydrogens is 338 g/mol. The Bertz CT molecular complexity index is 868. The van der Waals surface area contributed by atoms with Gasteiger partial charge >= 0.3 is 0 Å². The standard InChI is InChI=1S/C17H19N5O2S/c1-24-12-4-2-11(3-5-12)19-16(23)14-15-13(6-9-25-15)20-17(21-14)22-8-7-18-10-22/h6-12H,2-5H2,1H3,(H,19,23)/t11-,12-. The quantitative estimate of drug-likeness (QED) is 0.776. The molecule has 3 heterocycles. The zero-order valence-electron chi connectivity index (χ0n) is 13.9. The minimum atomic E-state index is -0.142. The van der Waals surface area contributed by atoms with Gasteiger partial charge < -0.3 is 10.1 Å². The molecule has 1 N–H and O–H groups in total. The van der Waals surface area contributed by atoms with Crippen LogP contribution in [0.1, 0.15) is 36.2 Å². The summed E-state index contributed by atoms with van der Waals surface area (Å²) in [5.41, 5.74) is 1.20. The van der Waals surface area contributed by atoms with Crippen molar-refractivity contribution in [2.75, 3.05) is 7.11 Å². The Hall–Kier alpha value is -2.32. The summed E-state index contributed by atoms with van der Waals surface area (Å²) in [6.45, 7) is 0. The van der Waals surface area contributed by atoms with Crippen molar-refractivity contribution in [1.82, 2.24) is 24.8 Å². The zero-order valence-corrected chi connectivity index (χ0v) is 14.7. The first-order chi connectivity index (χ1) is 12.2. The predicted molar refractivity (Wildman–Crippen MR) is 95.1 cm³/mol. The Morgan fingerprint density at radius 3 is 2.88 bits per heavy atom. The number of carbonyl (C=O) groups excluding carboxylic acids is 1. The van der Waals surface area contributed by atoms with E-state index in [1.54, 1.807) is 30.4 Å². The van der Waals surface area contributed by atoms with Crippen LogP contribution >= 0.6 is 11.3 Å². The Morgan fingerprint density at radius 2 is 2.16 bits per heavy atom. The van der Waals surface area contributed by atoms with Gasteiger partial charge in [0.2, 0.25) is 5.95 Å². The van der Waals surface area contributed by atoms with Gasteiger partial charge in [-0.25, -0.2) is 15.0 Å². The van der Waals surface area contributed by atoms with Gasteiger partial charge in [-0.1, -0.05) is 0 Å². The molecule has 1 fully saturated rings. The van der Waals surface area contributed by atoms with Crippen LogP contribution in [0, 0.1) is 0 Å². The molecule has 0 saturated heterocycles. The predicted octanol–water partition coefficient (Wildman–Crippen LogP) is 2.56. The van der Waals surface area contributed by atoms with Crippen molar-refractivity contribution in [3.8, 4) is 5.95 Å². The first-order valence-electron chi connectivity index (χ1n) is 8.32. The van der Waals surface area contributed by atoms with Crippen molar-refractivity contribution in [1.29, 1.82) is 0 Å². The van der Waals surface area contributed by atoms with E-state index in [2.05, 4.69) is 20.3 Å². The van der Waals surface area contributed by atoms with Crippen LogP contribution in [0.3, 0.4) is 0 Å². The monoisotopic (exact) mass is 357 g/mol. The number of amides is 1. The van der Waals surface area contributed by atoms with Crippen LogP contribution < -0.4 is 5.32 Å². The number of nitrogens with zero attached hydrogens (tertiary/aromatic N) is 4. The number of methoxy groups -OCH3 is 1. The average molecular weight is 357 g/mol. The molecule has 8 heteroatoms. The molecule has 0 radical (unpaired) electrons. The number of ether oxygens (including phenoxy) is 1. The largest absolute Gasteiger partial charge is 0.381 e. The van der Waals surface area contributed by atoms with Crippen LogP contribution in [0.25, 0.3) is 16.2 Å². The van der Waals surface area contributed by atoms with Crippen molar-refractivity contribution in [2.24, 2.45) is 0 Å². The first-order valence-corrected chi connectivity index (χ1v) is 9.20. The molecule has 1 amide bonds. The Balaban J connectivity index is 1.59. The molecule has 0 atom stereocenters. The van der Waals surface area contributed by atoms with Crippen LogP contribution in [0.4, 0.5) is 0 Å². The smallest absolute Gasteiger partial charge is 0.271 e. The normalized spacial score (nSPS) is 20.7. The number of imidazole rings is 1. The van der Waals surface area contributed by atoms with Crippen LogP contribution in [0.15, 0.2) is 30.2 Å². The van der Waals surface area contributed by atoms with Gasteiger partial charge in [-0.05, 0) is 37.1 Å². The molecule has 3 aromatic rings. The fraction of sp³-hybridized carbons (Fsp3) is 0.412. The summed E-state index contributed by atoms with van der Waals surface area (Å²) >= 11 is 1.48. The highest BCUT2D eigenvalue weighted by atomic mass is 32.1. The lowest BCUT2D eigenvalue weighted by Gasteiger charge is -2.28. The molecule has 1 aliphatic rings. The summed E-state index contributed by atoms with van der Waals surface area (Å²) < 4.78 is 7.91. The molecule has 1 saturated carbocycles. The molecule has 0 bridgehead atoms. The van der Waals surface area contributed by atoms with Crippen molar-refractivity contribution >= 4 is 27.5 Å². The number of thiophene rings is 1. The number of hydrogen-bond donors (Lipinski definition) is 1. The van der Waals surface area contributed by atoms with Gasteiger partial charge in [0.15, 0.2) is 5.69 Å². The summed E-state index contributed by atoms with van der Waals surface area (Å²) in [5, 5.41) is 5.06. The number of carbonyl (C=O) groups is 1. The van der Waals surface area contributed by atoms with Crippen molar-refractivity contribution < 1.29 is 9.53 Å². The van der Waals surface area contributed by atoms with E-state index >= 15 is 0 Å². The number of aromatic nitrogens is 4. The van der Waals surface area contributed by atoms with Gasteiger partial charge in [0.1, 0.15) is 6.33 Å². The minimum Gasteiger partial charge on any atom is -0.381 e. The number of hydrogen-bond acceptors (Lipinski definition) is 6. The van der Waals surface area contributed by atoms with E-state index < -0.39 is 0 Å². The van der Waals surface area contributed by atoms with E-state index in [4.69, 9.17) is 4.74 Å². The van der Waals surface area contributed by atoms with Gasteiger partial charge in [0, 0.05) is 25.5 Å². The van der Waals surface area contributed by atoms with E-state index in [0.29, 0.717) is 17.7 Å². The highest BCUT2D eigenvalue weighted by Crippen LogP contribution is 2.25. The maximum atomic E-state index is 12.8. The second-order valence-electron chi connectivity index (χ2n) is 6.16. The summed E-state index contributed by atoms with van der Waals surface area (Å²) in [4.78, 5) is 25.9. The van der Waals surface area contributed by atoms with Gasteiger partial charge in [-0.3, -0.25) is 9.36 Å². The van der Waals surface area contributed by atoms with E-state index in [0.717, 1.165) is 35.9 Å². The fourth-order valence-corrected chi connectivity index (χ4v) is 4.01. The Morgan fingerprint density at radius 1 is 1.32 bits per heavy atom. The lowest BCUT2D eigenvalue weighted by Crippen LogP contribution is -2.39. The van der Waals surface area contributed by atoms with Gasteiger partial charge in [-0.15, -0.1) is 11.3 Å². The highest BCUT2D eigenvalue weighted by molar-refractivity contribution is 7.17. The fourth-order valence-electron chi connectivity index (χ4n) is 3.19. The molecule has 3 aromatic heterocycles. The summed E-state index contributed by atoms with van der Waals surface area (Å²) in [7, 11) is 1.75. The van der Waals surface area contributed by atoms with E-state index in [9.17, 15) is 4.79 Å². The molecule has 25 heavy (non-hydrogen) atoms. The molecule has 1 aliphatic carbocycles. The average Bonchev–Trinajstić information content (AvgIpc) is 3.32. The number of fused-ring (bicyclic) bond motifs is 1. The summed E-state index contributed by atoms with van der Waals surface area (Å²) in [5.74, 6) is 0.314. The molecule has 0 aliphatic heterocycles. The molecular formula is C17H19N5O2S. The van der Waals surface area contributed by atoms with Gasteiger partial charge in [0.25, 0.3) is 5.91 Å². The molecule has 0 unspecified atom stereocenters. The number of nitrogens with one attached hydrogen (secondary N) is 1. The van der Waals surface area contributed by atoms with E-state index in [1.807, 2.05) is 11.4 Å². The lowest BCUT2D eigenvalue weighted by atomic mass is 9.93. The SMILES string of the molecule is CO[C@H]1CC[C@H](NC(=O)c2nc(-n3ccnc3)nc3ccsc23)CC1. The molecule has 130 valence electrons. The van der Waals surface area contributed by atoms with Crippen molar-refractivity contribution in [3.63, 3.8) is 0 Å². The molecule has 0 aromatic carbocycles. The number of rotatable bonds is 4. The highest BCUT2D eigenvalue weighted by Gasteiger charge is 2.24. The second-order valence-corrected chi connectivity index (χ2v) is 7.08. The van der Waals surface area contributed by atoms with Crippen LogP contribution in [-0.4, -0.2) is 44.7 Å². The molecule has 7 nitrogen and oxygen atoms in total. The third kappa shape index (κ3) is 3.27. The van der Waals surface area contributed by atoms with Crippen LogP contribution in [0.2, 0.25) is 0 Å². The zero-order chi connectivity index (χ0) is 17.2. The minimum absolute atomic E-state index is 0.142. The molecule has 4 rings (SSSR count). The summed E-state index contributed by atoms with van der Waals surface area (Å²) in [6.07, 6.45) is 9.16. The van der Waals surface area contributed by atoms with E-state index in [-0.39, 0.29) is 11.9 Å². The Kier molecular flexibility index (Phi) is 4.46. The van der Waals surface area contributed by atoms with Crippen molar-refractivity contribution in [3.05, 3.63) is 35.9 Å². The summed E-state index contributed by atoms with van der Waals surface area (Å²) in [6, 6.07) is 2.07. The third-order valence-electron chi connectivity index (χ3n) is 4.58. The van der Waals surface area contributed by atoms with Gasteiger partial charge in [0.05, 0.1) is 16.3 Å².